The average molecular weight is 435 g/mol. The molecular formula is C21H28BF2N3O4. The van der Waals surface area contributed by atoms with E-state index in [1.54, 1.807) is 6.07 Å². The molecule has 1 aliphatic heterocycles. The second-order valence-electron chi connectivity index (χ2n) is 9.70. The number of nitrogens with zero attached hydrogens (tertiary/aromatic N) is 2. The van der Waals surface area contributed by atoms with Crippen LogP contribution >= 0.6 is 0 Å². The normalized spacial score (nSPS) is 17.9. The third-order valence-corrected chi connectivity index (χ3v) is 5.66. The second kappa shape index (κ2) is 7.98. The minimum absolute atomic E-state index is 0.116. The minimum atomic E-state index is -2.73. The summed E-state index contributed by atoms with van der Waals surface area (Å²) >= 11 is 0. The van der Waals surface area contributed by atoms with E-state index >= 15 is 0 Å². The summed E-state index contributed by atoms with van der Waals surface area (Å²) in [5.74, 6) is -0.451. The molecule has 1 fully saturated rings. The fourth-order valence-corrected chi connectivity index (χ4v) is 2.97. The number of halogens is 2. The van der Waals surface area contributed by atoms with Crippen molar-refractivity contribution in [1.29, 1.82) is 0 Å². The van der Waals surface area contributed by atoms with Crippen molar-refractivity contribution < 1.29 is 27.4 Å². The first-order valence-electron chi connectivity index (χ1n) is 10.1. The Morgan fingerprint density at radius 2 is 1.77 bits per heavy atom. The molecule has 7 nitrogen and oxygen atoms in total. The molecule has 0 bridgehead atoms. The van der Waals surface area contributed by atoms with E-state index in [0.29, 0.717) is 11.3 Å². The SMILES string of the molecule is CC(C)(C)c1noc(C(=O)NCc2ccc(B3OC(C)(C)C(C)(C)O3)cc2C(F)F)n1. The number of carbonyl (C=O) groups excluding carboxylic acids is 1. The number of carbonyl (C=O) groups is 1. The Bertz CT molecular complexity index is 954. The summed E-state index contributed by atoms with van der Waals surface area (Å²) in [5.41, 5.74) is -0.964. The number of amides is 1. The monoisotopic (exact) mass is 435 g/mol. The molecule has 0 radical (unpaired) electrons. The maximum absolute atomic E-state index is 13.7. The third-order valence-electron chi connectivity index (χ3n) is 5.66. The zero-order chi connectivity index (χ0) is 23.2. The van der Waals surface area contributed by atoms with Crippen LogP contribution in [0.3, 0.4) is 0 Å². The number of rotatable bonds is 5. The molecule has 0 unspecified atom stereocenters. The van der Waals surface area contributed by atoms with Crippen molar-refractivity contribution >= 4 is 18.5 Å². The Labute approximate surface area is 181 Å². The number of hydrogen-bond donors (Lipinski definition) is 1. The lowest BCUT2D eigenvalue weighted by Gasteiger charge is -2.32. The van der Waals surface area contributed by atoms with E-state index in [2.05, 4.69) is 15.5 Å². The number of nitrogens with one attached hydrogen (secondary N) is 1. The molecule has 0 spiro atoms. The topological polar surface area (TPSA) is 86.5 Å². The first-order chi connectivity index (χ1) is 14.2. The van der Waals surface area contributed by atoms with E-state index in [-0.39, 0.29) is 29.0 Å². The highest BCUT2D eigenvalue weighted by Gasteiger charge is 2.51. The maximum atomic E-state index is 13.7. The predicted molar refractivity (Wildman–Crippen MR) is 111 cm³/mol. The van der Waals surface area contributed by atoms with Gasteiger partial charge in [0, 0.05) is 17.5 Å². The van der Waals surface area contributed by atoms with Crippen LogP contribution in [-0.4, -0.2) is 34.4 Å². The van der Waals surface area contributed by atoms with Crippen LogP contribution in [0.15, 0.2) is 22.7 Å². The van der Waals surface area contributed by atoms with E-state index in [4.69, 9.17) is 13.8 Å². The van der Waals surface area contributed by atoms with E-state index in [1.165, 1.54) is 12.1 Å². The molecular weight excluding hydrogens is 407 g/mol. The maximum Gasteiger partial charge on any atom is 0.494 e. The molecule has 1 saturated heterocycles. The van der Waals surface area contributed by atoms with Gasteiger partial charge < -0.3 is 19.1 Å². The van der Waals surface area contributed by atoms with Crippen LogP contribution < -0.4 is 10.8 Å². The highest BCUT2D eigenvalue weighted by atomic mass is 19.3. The van der Waals surface area contributed by atoms with Crippen LogP contribution in [0.2, 0.25) is 0 Å². The first kappa shape index (κ1) is 23.3. The summed E-state index contributed by atoms with van der Waals surface area (Å²) in [6.07, 6.45) is -2.73. The van der Waals surface area contributed by atoms with E-state index in [0.717, 1.165) is 0 Å². The molecule has 2 heterocycles. The number of benzene rings is 1. The van der Waals surface area contributed by atoms with Crippen LogP contribution in [-0.2, 0) is 21.3 Å². The van der Waals surface area contributed by atoms with Crippen molar-refractivity contribution in [2.45, 2.75) is 78.1 Å². The highest BCUT2D eigenvalue weighted by molar-refractivity contribution is 6.62. The molecule has 31 heavy (non-hydrogen) atoms. The van der Waals surface area contributed by atoms with Crippen molar-refractivity contribution in [2.75, 3.05) is 0 Å². The van der Waals surface area contributed by atoms with Gasteiger partial charge in [-0.05, 0) is 38.7 Å². The molecule has 3 rings (SSSR count). The molecule has 0 saturated carbocycles. The molecule has 1 amide bonds. The Kier molecular flexibility index (Phi) is 6.01. The van der Waals surface area contributed by atoms with E-state index in [1.807, 2.05) is 48.5 Å². The Balaban J connectivity index is 1.75. The predicted octanol–water partition coefficient (Wildman–Crippen LogP) is 3.53. The van der Waals surface area contributed by atoms with Crippen LogP contribution in [0.4, 0.5) is 8.78 Å². The van der Waals surface area contributed by atoms with Gasteiger partial charge in [-0.25, -0.2) is 8.78 Å². The van der Waals surface area contributed by atoms with E-state index < -0.39 is 30.7 Å². The first-order valence-corrected chi connectivity index (χ1v) is 10.1. The Hall–Kier alpha value is -2.33. The summed E-state index contributed by atoms with van der Waals surface area (Å²) in [6.45, 7) is 13.1. The van der Waals surface area contributed by atoms with Gasteiger partial charge in [-0.15, -0.1) is 0 Å². The lowest BCUT2D eigenvalue weighted by atomic mass is 9.77. The summed E-state index contributed by atoms with van der Waals surface area (Å²) in [4.78, 5) is 16.4. The third kappa shape index (κ3) is 4.80. The number of hydrogen-bond acceptors (Lipinski definition) is 6. The molecule has 2 aromatic rings. The van der Waals surface area contributed by atoms with Gasteiger partial charge in [-0.1, -0.05) is 44.1 Å². The average Bonchev–Trinajstić information content (AvgIpc) is 3.22. The van der Waals surface area contributed by atoms with Crippen LogP contribution in [0.1, 0.15) is 82.5 Å². The summed E-state index contributed by atoms with van der Waals surface area (Å²) in [5, 5.41) is 6.35. The molecule has 1 aromatic heterocycles. The van der Waals surface area contributed by atoms with Gasteiger partial charge in [0.2, 0.25) is 0 Å². The van der Waals surface area contributed by atoms with Crippen LogP contribution in [0, 0.1) is 0 Å². The lowest BCUT2D eigenvalue weighted by molar-refractivity contribution is 0.00578. The molecule has 168 valence electrons. The van der Waals surface area contributed by atoms with Gasteiger partial charge in [0.05, 0.1) is 11.2 Å². The second-order valence-corrected chi connectivity index (χ2v) is 9.70. The molecule has 1 aliphatic rings. The van der Waals surface area contributed by atoms with Crippen molar-refractivity contribution in [3.8, 4) is 0 Å². The standard InChI is InChI=1S/C21H28BF2N3O4/c1-19(2,3)18-26-17(29-27-18)16(28)25-11-12-8-9-13(10-14(12)15(23)24)22-30-20(4,5)21(6,7)31-22/h8-10,15H,11H2,1-7H3,(H,25,28). The van der Waals surface area contributed by atoms with Gasteiger partial charge in [0.1, 0.15) is 0 Å². The van der Waals surface area contributed by atoms with Crippen molar-refractivity contribution in [3.63, 3.8) is 0 Å². The fourth-order valence-electron chi connectivity index (χ4n) is 2.97. The Morgan fingerprint density at radius 3 is 2.29 bits per heavy atom. The molecule has 1 N–H and O–H groups in total. The smallest absolute Gasteiger partial charge is 0.399 e. The number of aromatic nitrogens is 2. The number of alkyl halides is 2. The van der Waals surface area contributed by atoms with Gasteiger partial charge in [-0.3, -0.25) is 4.79 Å². The lowest BCUT2D eigenvalue weighted by Crippen LogP contribution is -2.41. The van der Waals surface area contributed by atoms with Gasteiger partial charge in [0.25, 0.3) is 6.43 Å². The summed E-state index contributed by atoms with van der Waals surface area (Å²) < 4.78 is 44.4. The highest BCUT2D eigenvalue weighted by Crippen LogP contribution is 2.36. The molecule has 0 atom stereocenters. The van der Waals surface area contributed by atoms with Crippen molar-refractivity contribution in [1.82, 2.24) is 15.5 Å². The van der Waals surface area contributed by atoms with Crippen molar-refractivity contribution in [2.24, 2.45) is 0 Å². The minimum Gasteiger partial charge on any atom is -0.399 e. The van der Waals surface area contributed by atoms with Gasteiger partial charge in [0.15, 0.2) is 5.82 Å². The largest absolute Gasteiger partial charge is 0.494 e. The zero-order valence-electron chi connectivity index (χ0n) is 18.9. The van der Waals surface area contributed by atoms with Crippen LogP contribution in [0.25, 0.3) is 0 Å². The van der Waals surface area contributed by atoms with Gasteiger partial charge in [-0.2, -0.15) is 4.98 Å². The zero-order valence-corrected chi connectivity index (χ0v) is 18.9. The molecule has 0 aliphatic carbocycles. The fraction of sp³-hybridized carbons (Fsp3) is 0.571. The quantitative estimate of drug-likeness (QED) is 0.724. The summed E-state index contributed by atoms with van der Waals surface area (Å²) in [6, 6.07) is 4.56. The molecule has 1 aromatic carbocycles. The van der Waals surface area contributed by atoms with Crippen molar-refractivity contribution in [3.05, 3.63) is 41.0 Å². The Morgan fingerprint density at radius 1 is 1.16 bits per heavy atom. The van der Waals surface area contributed by atoms with Crippen LogP contribution in [0.5, 0.6) is 0 Å². The van der Waals surface area contributed by atoms with Gasteiger partial charge >= 0.3 is 18.9 Å². The van der Waals surface area contributed by atoms with E-state index in [9.17, 15) is 13.6 Å². The summed E-state index contributed by atoms with van der Waals surface area (Å²) in [7, 11) is -0.750. The molecule has 10 heteroatoms.